The van der Waals surface area contributed by atoms with Gasteiger partial charge in [0, 0.05) is 10.6 Å². The first kappa shape index (κ1) is 17.9. The minimum atomic E-state index is -1.09. The molecule has 2 N–H and O–H groups in total. The van der Waals surface area contributed by atoms with Crippen LogP contribution in [-0.4, -0.2) is 22.8 Å². The van der Waals surface area contributed by atoms with Crippen molar-refractivity contribution < 1.29 is 19.7 Å². The number of benzene rings is 2. The zero-order chi connectivity index (χ0) is 17.7. The molecule has 0 radical (unpaired) electrons. The summed E-state index contributed by atoms with van der Waals surface area (Å²) in [7, 11) is 0. The minimum absolute atomic E-state index is 0.0298. The Morgan fingerprint density at radius 2 is 2.00 bits per heavy atom. The summed E-state index contributed by atoms with van der Waals surface area (Å²) in [5.74, 6) is -0.385. The van der Waals surface area contributed by atoms with E-state index in [-0.39, 0.29) is 11.3 Å². The summed E-state index contributed by atoms with van der Waals surface area (Å²) in [4.78, 5) is 11.7. The van der Waals surface area contributed by atoms with E-state index >= 15 is 0 Å². The molecule has 5 heteroatoms. The Labute approximate surface area is 146 Å². The fourth-order valence-electron chi connectivity index (χ4n) is 2.26. The number of phenolic OH excluding ortho intramolecular Hbond substituents is 1. The van der Waals surface area contributed by atoms with E-state index in [1.807, 2.05) is 13.8 Å². The average molecular weight is 347 g/mol. The van der Waals surface area contributed by atoms with Crippen molar-refractivity contribution >= 4 is 29.2 Å². The molecule has 2 aromatic carbocycles. The van der Waals surface area contributed by atoms with Gasteiger partial charge >= 0.3 is 5.97 Å². The van der Waals surface area contributed by atoms with Crippen molar-refractivity contribution in [1.29, 1.82) is 0 Å². The molecule has 0 fully saturated rings. The van der Waals surface area contributed by atoms with Crippen molar-refractivity contribution in [3.05, 3.63) is 58.1 Å². The highest BCUT2D eigenvalue weighted by atomic mass is 35.5. The lowest BCUT2D eigenvalue weighted by atomic mass is 10.00. The molecule has 0 aliphatic carbocycles. The van der Waals surface area contributed by atoms with Crippen molar-refractivity contribution in [3.8, 4) is 11.5 Å². The lowest BCUT2D eigenvalue weighted by Gasteiger charge is -2.11. The van der Waals surface area contributed by atoms with Crippen LogP contribution in [0, 0.1) is 6.92 Å². The molecule has 0 bridgehead atoms. The maximum atomic E-state index is 11.7. The summed E-state index contributed by atoms with van der Waals surface area (Å²) in [6, 6.07) is 9.70. The number of hydrogen-bond donors (Lipinski definition) is 2. The van der Waals surface area contributed by atoms with Gasteiger partial charge in [0.25, 0.3) is 0 Å². The number of halogens is 1. The molecule has 0 spiro atoms. The molecule has 0 atom stereocenters. The molecule has 2 aromatic rings. The maximum absolute atomic E-state index is 11.7. The third kappa shape index (κ3) is 4.30. The van der Waals surface area contributed by atoms with E-state index in [1.165, 1.54) is 18.2 Å². The van der Waals surface area contributed by atoms with Crippen LogP contribution < -0.4 is 4.74 Å². The largest absolute Gasteiger partial charge is 0.507 e. The van der Waals surface area contributed by atoms with Gasteiger partial charge in [0.15, 0.2) is 0 Å². The third-order valence-corrected chi connectivity index (χ3v) is 3.70. The zero-order valence-corrected chi connectivity index (χ0v) is 14.3. The molecule has 2 rings (SSSR count). The van der Waals surface area contributed by atoms with Crippen LogP contribution in [0.1, 0.15) is 30.0 Å². The Morgan fingerprint density at radius 1 is 1.25 bits per heavy atom. The zero-order valence-electron chi connectivity index (χ0n) is 13.5. The van der Waals surface area contributed by atoms with Crippen LogP contribution in [0.25, 0.3) is 11.6 Å². The second kappa shape index (κ2) is 7.88. The Bertz CT molecular complexity index is 781. The molecule has 0 amide bonds. The van der Waals surface area contributed by atoms with Gasteiger partial charge in [-0.25, -0.2) is 4.79 Å². The second-order valence-electron chi connectivity index (χ2n) is 5.40. The number of aryl methyl sites for hydroxylation is 1. The van der Waals surface area contributed by atoms with Crippen LogP contribution in [0.2, 0.25) is 5.02 Å². The fourth-order valence-corrected chi connectivity index (χ4v) is 2.44. The third-order valence-electron chi connectivity index (χ3n) is 3.47. The van der Waals surface area contributed by atoms with E-state index in [2.05, 4.69) is 0 Å². The van der Waals surface area contributed by atoms with Gasteiger partial charge in [0.05, 0.1) is 12.2 Å². The molecule has 0 unspecified atom stereocenters. The van der Waals surface area contributed by atoms with E-state index in [1.54, 1.807) is 24.3 Å². The number of aromatic hydroxyl groups is 1. The van der Waals surface area contributed by atoms with Gasteiger partial charge in [-0.05, 0) is 60.9 Å². The molecule has 0 aliphatic rings. The molecule has 0 aromatic heterocycles. The van der Waals surface area contributed by atoms with Crippen LogP contribution in [0.5, 0.6) is 11.5 Å². The summed E-state index contributed by atoms with van der Waals surface area (Å²) < 4.78 is 5.61. The Balaban J connectivity index is 2.44. The SMILES string of the molecule is CCCOc1ccc(/C(=C/c2cc(Cl)ccc2O)C(=O)O)cc1C. The quantitative estimate of drug-likeness (QED) is 0.584. The molecule has 0 heterocycles. The van der Waals surface area contributed by atoms with Gasteiger partial charge in [0.2, 0.25) is 0 Å². The predicted molar refractivity (Wildman–Crippen MR) is 95.6 cm³/mol. The van der Waals surface area contributed by atoms with Crippen molar-refractivity contribution in [2.24, 2.45) is 0 Å². The first-order valence-electron chi connectivity index (χ1n) is 7.59. The molecule has 0 saturated carbocycles. The molecule has 4 nitrogen and oxygen atoms in total. The number of aliphatic carboxylic acids is 1. The number of ether oxygens (including phenoxy) is 1. The van der Waals surface area contributed by atoms with Crippen LogP contribution >= 0.6 is 11.6 Å². The lowest BCUT2D eigenvalue weighted by Crippen LogP contribution is -2.02. The lowest BCUT2D eigenvalue weighted by molar-refractivity contribution is -0.130. The van der Waals surface area contributed by atoms with E-state index in [0.717, 1.165) is 17.7 Å². The average Bonchev–Trinajstić information content (AvgIpc) is 2.54. The van der Waals surface area contributed by atoms with Crippen LogP contribution in [0.4, 0.5) is 0 Å². The molecule has 0 saturated heterocycles. The highest BCUT2D eigenvalue weighted by Crippen LogP contribution is 2.29. The van der Waals surface area contributed by atoms with Crippen molar-refractivity contribution in [3.63, 3.8) is 0 Å². The Kier molecular flexibility index (Phi) is 5.88. The first-order chi connectivity index (χ1) is 11.4. The summed E-state index contributed by atoms with van der Waals surface area (Å²) in [6.45, 7) is 4.50. The predicted octanol–water partition coefficient (Wildman–Crippen LogP) is 4.77. The minimum Gasteiger partial charge on any atom is -0.507 e. The number of rotatable bonds is 6. The van der Waals surface area contributed by atoms with Crippen LogP contribution in [0.15, 0.2) is 36.4 Å². The number of hydrogen-bond acceptors (Lipinski definition) is 3. The first-order valence-corrected chi connectivity index (χ1v) is 7.97. The Hall–Kier alpha value is -2.46. The molecule has 0 aliphatic heterocycles. The van der Waals surface area contributed by atoms with Gasteiger partial charge in [0.1, 0.15) is 11.5 Å². The van der Waals surface area contributed by atoms with Crippen LogP contribution in [0.3, 0.4) is 0 Å². The maximum Gasteiger partial charge on any atom is 0.336 e. The smallest absolute Gasteiger partial charge is 0.336 e. The highest BCUT2D eigenvalue weighted by Gasteiger charge is 2.13. The standard InChI is InChI=1S/C19H19ClO4/c1-3-8-24-18-7-4-13(9-12(18)2)16(19(22)23)11-14-10-15(20)5-6-17(14)21/h4-7,9-11,21H,3,8H2,1-2H3,(H,22,23)/b16-11-. The van der Waals surface area contributed by atoms with Crippen molar-refractivity contribution in [2.75, 3.05) is 6.61 Å². The monoisotopic (exact) mass is 346 g/mol. The van der Waals surface area contributed by atoms with E-state index in [0.29, 0.717) is 22.8 Å². The molecular formula is C19H19ClO4. The number of phenols is 1. The van der Waals surface area contributed by atoms with E-state index < -0.39 is 5.97 Å². The van der Waals surface area contributed by atoms with E-state index in [9.17, 15) is 15.0 Å². The summed E-state index contributed by atoms with van der Waals surface area (Å²) in [5, 5.41) is 19.8. The topological polar surface area (TPSA) is 66.8 Å². The number of carbonyl (C=O) groups is 1. The van der Waals surface area contributed by atoms with Gasteiger partial charge in [-0.15, -0.1) is 0 Å². The van der Waals surface area contributed by atoms with Gasteiger partial charge in [-0.1, -0.05) is 24.6 Å². The second-order valence-corrected chi connectivity index (χ2v) is 5.83. The molecule has 24 heavy (non-hydrogen) atoms. The highest BCUT2D eigenvalue weighted by molar-refractivity contribution is 6.31. The van der Waals surface area contributed by atoms with Crippen molar-refractivity contribution in [1.82, 2.24) is 0 Å². The normalized spacial score (nSPS) is 11.4. The summed E-state index contributed by atoms with van der Waals surface area (Å²) in [5.41, 5.74) is 1.80. The molecule has 126 valence electrons. The van der Waals surface area contributed by atoms with Crippen molar-refractivity contribution in [2.45, 2.75) is 20.3 Å². The van der Waals surface area contributed by atoms with Crippen LogP contribution in [-0.2, 0) is 4.79 Å². The summed E-state index contributed by atoms with van der Waals surface area (Å²) >= 11 is 5.92. The number of carboxylic acids is 1. The van der Waals surface area contributed by atoms with Gasteiger partial charge in [-0.3, -0.25) is 0 Å². The molecular weight excluding hydrogens is 328 g/mol. The van der Waals surface area contributed by atoms with Gasteiger partial charge in [-0.2, -0.15) is 0 Å². The van der Waals surface area contributed by atoms with E-state index in [4.69, 9.17) is 16.3 Å². The van der Waals surface area contributed by atoms with Gasteiger partial charge < -0.3 is 14.9 Å². The number of carboxylic acid groups (broad SMARTS) is 1. The summed E-state index contributed by atoms with van der Waals surface area (Å²) in [6.07, 6.45) is 2.31. The Morgan fingerprint density at radius 3 is 2.62 bits per heavy atom. The fraction of sp³-hybridized carbons (Fsp3) is 0.211.